The van der Waals surface area contributed by atoms with Gasteiger partial charge in [-0.3, -0.25) is 4.79 Å². The van der Waals surface area contributed by atoms with Gasteiger partial charge in [0, 0.05) is 0 Å². The van der Waals surface area contributed by atoms with E-state index in [-0.39, 0.29) is 0 Å². The summed E-state index contributed by atoms with van der Waals surface area (Å²) in [7, 11) is 0. The van der Waals surface area contributed by atoms with Crippen LogP contribution in [0.15, 0.2) is 0 Å². The van der Waals surface area contributed by atoms with Gasteiger partial charge in [0.15, 0.2) is 0 Å². The molecule has 0 spiro atoms. The Balaban J connectivity index is 4.30. The number of carbonyl (C=O) groups excluding carboxylic acids is 1. The normalized spacial score (nSPS) is 16.1. The first-order valence-corrected chi connectivity index (χ1v) is 4.92. The molecule has 0 bridgehead atoms. The first-order valence-electron chi connectivity index (χ1n) is 4.92. The minimum atomic E-state index is -0.746. The van der Waals surface area contributed by atoms with Crippen LogP contribution in [0.1, 0.15) is 34.6 Å². The Morgan fingerprint density at radius 3 is 2.29 bits per heavy atom. The van der Waals surface area contributed by atoms with Crippen molar-refractivity contribution in [1.82, 2.24) is 5.32 Å². The number of aliphatic hydroxyl groups is 1. The van der Waals surface area contributed by atoms with Gasteiger partial charge in [-0.1, -0.05) is 6.92 Å². The number of hydrogen-bond acceptors (Lipinski definition) is 4. The maximum atomic E-state index is 11.5. The minimum Gasteiger partial charge on any atom is -0.459 e. The van der Waals surface area contributed by atoms with Crippen molar-refractivity contribution in [2.45, 2.75) is 52.4 Å². The highest BCUT2D eigenvalue weighted by Gasteiger charge is 2.27. The van der Waals surface area contributed by atoms with Crippen molar-refractivity contribution >= 4 is 5.97 Å². The molecule has 84 valence electrons. The Morgan fingerprint density at radius 2 is 2.00 bits per heavy atom. The van der Waals surface area contributed by atoms with Crippen molar-refractivity contribution in [2.24, 2.45) is 0 Å². The van der Waals surface area contributed by atoms with Gasteiger partial charge in [-0.2, -0.15) is 0 Å². The molecule has 0 heterocycles. The standard InChI is InChI=1S/C10H21NO3/c1-6-11-8(7(2)12)9(13)14-10(3,4)5/h7-8,11-12H,6H2,1-5H3/t7-,8+/m1/s1. The molecule has 0 rings (SSSR count). The van der Waals surface area contributed by atoms with E-state index in [0.717, 1.165) is 0 Å². The zero-order valence-corrected chi connectivity index (χ0v) is 9.63. The van der Waals surface area contributed by atoms with Crippen molar-refractivity contribution in [3.05, 3.63) is 0 Å². The van der Waals surface area contributed by atoms with Crippen LogP contribution >= 0.6 is 0 Å². The van der Waals surface area contributed by atoms with Crippen LogP contribution in [0.3, 0.4) is 0 Å². The highest BCUT2D eigenvalue weighted by atomic mass is 16.6. The Hall–Kier alpha value is -0.610. The van der Waals surface area contributed by atoms with E-state index >= 15 is 0 Å². The monoisotopic (exact) mass is 203 g/mol. The lowest BCUT2D eigenvalue weighted by Gasteiger charge is -2.25. The number of esters is 1. The Kier molecular flexibility index (Phi) is 5.08. The van der Waals surface area contributed by atoms with Gasteiger partial charge in [0.05, 0.1) is 6.10 Å². The fourth-order valence-electron chi connectivity index (χ4n) is 1.04. The second-order valence-corrected chi connectivity index (χ2v) is 4.31. The van der Waals surface area contributed by atoms with E-state index in [9.17, 15) is 9.90 Å². The second-order valence-electron chi connectivity index (χ2n) is 4.31. The molecule has 14 heavy (non-hydrogen) atoms. The Morgan fingerprint density at radius 1 is 1.50 bits per heavy atom. The summed E-state index contributed by atoms with van der Waals surface area (Å²) < 4.78 is 5.15. The predicted molar refractivity (Wildman–Crippen MR) is 55.0 cm³/mol. The van der Waals surface area contributed by atoms with E-state index in [2.05, 4.69) is 5.32 Å². The van der Waals surface area contributed by atoms with Crippen molar-refractivity contribution in [3.8, 4) is 0 Å². The molecule has 0 saturated heterocycles. The molecule has 0 aliphatic rings. The molecule has 0 amide bonds. The van der Waals surface area contributed by atoms with Crippen molar-refractivity contribution in [1.29, 1.82) is 0 Å². The molecule has 0 saturated carbocycles. The molecule has 2 atom stereocenters. The third kappa shape index (κ3) is 5.19. The SMILES string of the molecule is CCN[C@H](C(=O)OC(C)(C)C)[C@@H](C)O. The summed E-state index contributed by atoms with van der Waals surface area (Å²) in [6.45, 7) is 9.47. The topological polar surface area (TPSA) is 58.6 Å². The van der Waals surface area contributed by atoms with Crippen LogP contribution in [-0.4, -0.2) is 35.4 Å². The molecule has 4 nitrogen and oxygen atoms in total. The zero-order chi connectivity index (χ0) is 11.4. The average molecular weight is 203 g/mol. The van der Waals surface area contributed by atoms with E-state index in [4.69, 9.17) is 4.74 Å². The molecule has 0 aliphatic heterocycles. The first-order chi connectivity index (χ1) is 6.28. The summed E-state index contributed by atoms with van der Waals surface area (Å²) >= 11 is 0. The fraction of sp³-hybridized carbons (Fsp3) is 0.900. The van der Waals surface area contributed by atoms with Crippen molar-refractivity contribution in [2.75, 3.05) is 6.54 Å². The number of rotatable bonds is 4. The molecule has 0 radical (unpaired) electrons. The molecule has 0 aromatic heterocycles. The zero-order valence-electron chi connectivity index (χ0n) is 9.63. The lowest BCUT2D eigenvalue weighted by Crippen LogP contribution is -2.47. The average Bonchev–Trinajstić information content (AvgIpc) is 1.95. The van der Waals surface area contributed by atoms with Gasteiger partial charge in [0.2, 0.25) is 0 Å². The number of hydrogen-bond donors (Lipinski definition) is 2. The maximum Gasteiger partial charge on any atom is 0.326 e. The Bertz CT molecular complexity index is 184. The summed E-state index contributed by atoms with van der Waals surface area (Å²) in [6, 6.07) is -0.640. The van der Waals surface area contributed by atoms with Gasteiger partial charge in [-0.25, -0.2) is 0 Å². The number of aliphatic hydroxyl groups excluding tert-OH is 1. The lowest BCUT2D eigenvalue weighted by molar-refractivity contribution is -0.160. The molecular formula is C10H21NO3. The van der Waals surface area contributed by atoms with Crippen LogP contribution in [-0.2, 0) is 9.53 Å². The van der Waals surface area contributed by atoms with E-state index in [1.54, 1.807) is 27.7 Å². The lowest BCUT2D eigenvalue weighted by atomic mass is 10.1. The maximum absolute atomic E-state index is 11.5. The van der Waals surface area contributed by atoms with E-state index in [1.165, 1.54) is 0 Å². The van der Waals surface area contributed by atoms with Crippen molar-refractivity contribution < 1.29 is 14.6 Å². The molecule has 0 aromatic carbocycles. The van der Waals surface area contributed by atoms with Crippen molar-refractivity contribution in [3.63, 3.8) is 0 Å². The number of nitrogens with one attached hydrogen (secondary N) is 1. The molecule has 2 N–H and O–H groups in total. The van der Waals surface area contributed by atoms with Gasteiger partial charge in [0.1, 0.15) is 11.6 Å². The summed E-state index contributed by atoms with van der Waals surface area (Å²) in [6.07, 6.45) is -0.746. The van der Waals surface area contributed by atoms with Crippen LogP contribution < -0.4 is 5.32 Å². The van der Waals surface area contributed by atoms with Crippen LogP contribution in [0.5, 0.6) is 0 Å². The van der Waals surface area contributed by atoms with E-state index in [0.29, 0.717) is 6.54 Å². The molecule has 0 aromatic rings. The van der Waals surface area contributed by atoms with E-state index < -0.39 is 23.7 Å². The minimum absolute atomic E-state index is 0.408. The van der Waals surface area contributed by atoms with E-state index in [1.807, 2.05) is 6.92 Å². The van der Waals surface area contributed by atoms with Gasteiger partial charge < -0.3 is 15.2 Å². The largest absolute Gasteiger partial charge is 0.459 e. The molecular weight excluding hydrogens is 182 g/mol. The molecule has 0 aliphatic carbocycles. The summed E-state index contributed by atoms with van der Waals surface area (Å²) in [4.78, 5) is 11.5. The van der Waals surface area contributed by atoms with Gasteiger partial charge >= 0.3 is 5.97 Å². The quantitative estimate of drug-likeness (QED) is 0.660. The molecule has 0 fully saturated rings. The summed E-state index contributed by atoms with van der Waals surface area (Å²) in [5.74, 6) is -0.408. The van der Waals surface area contributed by atoms with Crippen LogP contribution in [0.25, 0.3) is 0 Å². The van der Waals surface area contributed by atoms with Crippen LogP contribution in [0.4, 0.5) is 0 Å². The summed E-state index contributed by atoms with van der Waals surface area (Å²) in [5, 5.41) is 12.2. The molecule has 4 heteroatoms. The predicted octanol–water partition coefficient (Wildman–Crippen LogP) is 0.687. The van der Waals surface area contributed by atoms with Gasteiger partial charge in [-0.15, -0.1) is 0 Å². The van der Waals surface area contributed by atoms with Crippen LogP contribution in [0, 0.1) is 0 Å². The number of carbonyl (C=O) groups is 1. The first kappa shape index (κ1) is 13.4. The van der Waals surface area contributed by atoms with Crippen LogP contribution in [0.2, 0.25) is 0 Å². The highest BCUT2D eigenvalue weighted by Crippen LogP contribution is 2.09. The molecule has 0 unspecified atom stereocenters. The third-order valence-electron chi connectivity index (χ3n) is 1.57. The second kappa shape index (κ2) is 5.32. The Labute approximate surface area is 85.6 Å². The fourth-order valence-corrected chi connectivity index (χ4v) is 1.04. The smallest absolute Gasteiger partial charge is 0.326 e. The third-order valence-corrected chi connectivity index (χ3v) is 1.57. The summed E-state index contributed by atoms with van der Waals surface area (Å²) in [5.41, 5.74) is -0.514. The number of ether oxygens (including phenoxy) is 1. The van der Waals surface area contributed by atoms with Gasteiger partial charge in [0.25, 0.3) is 0 Å². The van der Waals surface area contributed by atoms with Gasteiger partial charge in [-0.05, 0) is 34.2 Å². The number of likely N-dealkylation sites (N-methyl/N-ethyl adjacent to an activating group) is 1. The highest BCUT2D eigenvalue weighted by molar-refractivity contribution is 5.76.